The number of aliphatic hydroxyl groups excluding tert-OH is 2. The summed E-state index contributed by atoms with van der Waals surface area (Å²) in [6, 6.07) is 0. The number of hydrogen-bond donors (Lipinski definition) is 3. The van der Waals surface area contributed by atoms with Crippen LogP contribution in [0.3, 0.4) is 0 Å². The fourth-order valence-corrected chi connectivity index (χ4v) is 9.45. The van der Waals surface area contributed by atoms with E-state index < -0.39 is 67.3 Å². The van der Waals surface area contributed by atoms with Crippen LogP contribution in [-0.4, -0.2) is 89.2 Å². The molecule has 6 atom stereocenters. The van der Waals surface area contributed by atoms with E-state index in [1.807, 2.05) is 0 Å². The first-order valence-corrected chi connectivity index (χ1v) is 31.6. The Hall–Kier alpha value is -3.32. The molecule has 0 radical (unpaired) electrons. The molecule has 0 aliphatic carbocycles. The molecule has 12 heteroatoms. The molecule has 1 heterocycles. The minimum atomic E-state index is -1.91. The highest BCUT2D eigenvalue weighted by Gasteiger charge is 2.50. The standard InChI is InChI=1S/C65H114O12/c1-4-7-10-13-16-19-22-25-27-28-29-30-32-35-38-41-44-47-50-53-59(68)76-63-61(70)60(69)62(64(71)72)77-65(63)74-55-56(75-58(67)52-49-46-43-40-37-33-24-21-18-15-12-9-6-3)54-73-57(66)51-48-45-42-39-36-34-31-26-23-20-17-14-11-8-5-2/h17,20-21,24-27,31,56,60-63,65,69-70H,4-16,18-19,22-23,28-30,32-55H2,1-3H3,(H,71,72)/b20-17-,24-21-,27-25-,31-26-. The van der Waals surface area contributed by atoms with Crippen LogP contribution in [0.15, 0.2) is 48.6 Å². The largest absolute Gasteiger partial charge is 0.479 e. The van der Waals surface area contributed by atoms with Crippen molar-refractivity contribution in [1.29, 1.82) is 0 Å². The van der Waals surface area contributed by atoms with E-state index in [1.54, 1.807) is 0 Å². The number of carbonyl (C=O) groups is 4. The molecule has 446 valence electrons. The number of carbonyl (C=O) groups excluding carboxylic acids is 3. The predicted molar refractivity (Wildman–Crippen MR) is 312 cm³/mol. The fourth-order valence-electron chi connectivity index (χ4n) is 9.45. The summed E-state index contributed by atoms with van der Waals surface area (Å²) in [4.78, 5) is 51.2. The van der Waals surface area contributed by atoms with Crippen LogP contribution >= 0.6 is 0 Å². The molecule has 0 aromatic rings. The number of esters is 3. The molecular weight excluding hydrogens is 973 g/mol. The monoisotopic (exact) mass is 1090 g/mol. The number of unbranched alkanes of at least 4 members (excludes halogenated alkanes) is 32. The van der Waals surface area contributed by atoms with Gasteiger partial charge in [-0.05, 0) is 103 Å². The average Bonchev–Trinajstić information content (AvgIpc) is 3.42. The minimum absolute atomic E-state index is 0.0574. The molecule has 0 saturated carbocycles. The van der Waals surface area contributed by atoms with Crippen molar-refractivity contribution in [2.45, 2.75) is 327 Å². The van der Waals surface area contributed by atoms with Gasteiger partial charge in [0.05, 0.1) is 6.61 Å². The van der Waals surface area contributed by atoms with E-state index in [-0.39, 0.29) is 25.9 Å². The Kier molecular flexibility index (Phi) is 49.7. The number of rotatable bonds is 54. The molecule has 1 rings (SSSR count). The van der Waals surface area contributed by atoms with Crippen LogP contribution in [0.4, 0.5) is 0 Å². The van der Waals surface area contributed by atoms with Crippen molar-refractivity contribution < 1.29 is 58.2 Å². The van der Waals surface area contributed by atoms with Gasteiger partial charge in [0.25, 0.3) is 0 Å². The number of allylic oxidation sites excluding steroid dienone is 8. The molecule has 0 aromatic heterocycles. The van der Waals surface area contributed by atoms with E-state index in [2.05, 4.69) is 69.4 Å². The van der Waals surface area contributed by atoms with E-state index in [0.29, 0.717) is 19.3 Å². The maximum Gasteiger partial charge on any atom is 0.335 e. The molecule has 6 unspecified atom stereocenters. The molecule has 0 spiro atoms. The van der Waals surface area contributed by atoms with Crippen molar-refractivity contribution in [3.05, 3.63) is 48.6 Å². The molecule has 1 fully saturated rings. The first-order valence-electron chi connectivity index (χ1n) is 31.6. The zero-order valence-corrected chi connectivity index (χ0v) is 49.2. The molecule has 0 amide bonds. The summed E-state index contributed by atoms with van der Waals surface area (Å²) < 4.78 is 28.5. The lowest BCUT2D eigenvalue weighted by atomic mass is 9.98. The highest BCUT2D eigenvalue weighted by molar-refractivity contribution is 5.74. The highest BCUT2D eigenvalue weighted by Crippen LogP contribution is 2.27. The van der Waals surface area contributed by atoms with Crippen LogP contribution in [0.25, 0.3) is 0 Å². The number of ether oxygens (including phenoxy) is 5. The number of hydrogen-bond acceptors (Lipinski definition) is 11. The topological polar surface area (TPSA) is 175 Å². The molecule has 3 N–H and O–H groups in total. The van der Waals surface area contributed by atoms with Gasteiger partial charge in [-0.3, -0.25) is 14.4 Å². The lowest BCUT2D eigenvalue weighted by molar-refractivity contribution is -0.301. The Bertz CT molecular complexity index is 1520. The van der Waals surface area contributed by atoms with Crippen LogP contribution in [0, 0.1) is 0 Å². The van der Waals surface area contributed by atoms with Gasteiger partial charge in [0.1, 0.15) is 18.8 Å². The molecular formula is C65H114O12. The van der Waals surface area contributed by atoms with Gasteiger partial charge in [-0.1, -0.05) is 217 Å². The Morgan fingerprint density at radius 2 is 0.779 bits per heavy atom. The van der Waals surface area contributed by atoms with E-state index in [1.165, 1.54) is 116 Å². The van der Waals surface area contributed by atoms with E-state index in [4.69, 9.17) is 23.7 Å². The lowest BCUT2D eigenvalue weighted by Crippen LogP contribution is -2.61. The van der Waals surface area contributed by atoms with Crippen molar-refractivity contribution >= 4 is 23.9 Å². The lowest BCUT2D eigenvalue weighted by Gasteiger charge is -2.40. The number of carboxylic acid groups (broad SMARTS) is 1. The summed E-state index contributed by atoms with van der Waals surface area (Å²) in [6.45, 7) is 5.95. The average molecular weight is 1090 g/mol. The van der Waals surface area contributed by atoms with Crippen molar-refractivity contribution in [1.82, 2.24) is 0 Å². The number of aliphatic carboxylic acids is 1. The quantitative estimate of drug-likeness (QED) is 0.0228. The van der Waals surface area contributed by atoms with E-state index >= 15 is 0 Å². The summed E-state index contributed by atoms with van der Waals surface area (Å²) in [7, 11) is 0. The van der Waals surface area contributed by atoms with Crippen LogP contribution in [0.2, 0.25) is 0 Å². The Balaban J connectivity index is 2.65. The zero-order chi connectivity index (χ0) is 56.1. The molecule has 0 aromatic carbocycles. The van der Waals surface area contributed by atoms with E-state index in [9.17, 15) is 34.5 Å². The summed E-state index contributed by atoms with van der Waals surface area (Å²) in [5, 5.41) is 31.5. The van der Waals surface area contributed by atoms with Gasteiger partial charge in [0, 0.05) is 19.3 Å². The van der Waals surface area contributed by atoms with Crippen LogP contribution < -0.4 is 0 Å². The predicted octanol–water partition coefficient (Wildman–Crippen LogP) is 16.6. The van der Waals surface area contributed by atoms with Crippen molar-refractivity contribution in [2.75, 3.05) is 13.2 Å². The molecule has 77 heavy (non-hydrogen) atoms. The molecule has 12 nitrogen and oxygen atoms in total. The van der Waals surface area contributed by atoms with Gasteiger partial charge in [0.2, 0.25) is 0 Å². The van der Waals surface area contributed by atoms with Crippen molar-refractivity contribution in [3.8, 4) is 0 Å². The number of aliphatic hydroxyl groups is 2. The first-order chi connectivity index (χ1) is 37.6. The summed E-state index contributed by atoms with van der Waals surface area (Å²) in [5.74, 6) is -3.13. The Morgan fingerprint density at radius 3 is 1.22 bits per heavy atom. The molecule has 0 bridgehead atoms. The third kappa shape index (κ3) is 43.2. The molecule has 1 aliphatic heterocycles. The fraction of sp³-hybridized carbons (Fsp3) is 0.815. The third-order valence-corrected chi connectivity index (χ3v) is 14.3. The van der Waals surface area contributed by atoms with Crippen LogP contribution in [0.5, 0.6) is 0 Å². The highest BCUT2D eigenvalue weighted by atomic mass is 16.7. The maximum atomic E-state index is 13.1. The minimum Gasteiger partial charge on any atom is -0.479 e. The smallest absolute Gasteiger partial charge is 0.335 e. The summed E-state index contributed by atoms with van der Waals surface area (Å²) >= 11 is 0. The third-order valence-electron chi connectivity index (χ3n) is 14.3. The summed E-state index contributed by atoms with van der Waals surface area (Å²) in [6.07, 6.45) is 52.1. The van der Waals surface area contributed by atoms with Crippen molar-refractivity contribution in [2.24, 2.45) is 0 Å². The summed E-state index contributed by atoms with van der Waals surface area (Å²) in [5.41, 5.74) is 0. The molecule has 1 saturated heterocycles. The van der Waals surface area contributed by atoms with Crippen molar-refractivity contribution in [3.63, 3.8) is 0 Å². The van der Waals surface area contributed by atoms with Gasteiger partial charge in [-0.25, -0.2) is 4.79 Å². The number of carboxylic acids is 1. The van der Waals surface area contributed by atoms with Crippen LogP contribution in [0.1, 0.15) is 290 Å². The first kappa shape index (κ1) is 71.7. The SMILES string of the molecule is CCCCC/C=C\C/C=C\CCCCCCCC(=O)OCC(COC1OC(C(=O)O)C(O)C(O)C1OC(=O)CCCCCCCCCCC/C=C\CCCCCCCC)OC(=O)CCCCCCC/C=C\CCCCCC. The van der Waals surface area contributed by atoms with Crippen LogP contribution in [-0.2, 0) is 42.9 Å². The normalized spacial score (nSPS) is 18.3. The Morgan fingerprint density at radius 1 is 0.429 bits per heavy atom. The van der Waals surface area contributed by atoms with Gasteiger partial charge < -0.3 is 39.0 Å². The maximum absolute atomic E-state index is 13.1. The molecule has 1 aliphatic rings. The van der Waals surface area contributed by atoms with E-state index in [0.717, 1.165) is 116 Å². The zero-order valence-electron chi connectivity index (χ0n) is 49.2. The second-order valence-corrected chi connectivity index (χ2v) is 21.7. The second kappa shape index (κ2) is 53.3. The van der Waals surface area contributed by atoms with Gasteiger partial charge in [0.15, 0.2) is 24.6 Å². The van der Waals surface area contributed by atoms with Gasteiger partial charge in [-0.2, -0.15) is 0 Å². The second-order valence-electron chi connectivity index (χ2n) is 21.7. The van der Waals surface area contributed by atoms with Gasteiger partial charge in [-0.15, -0.1) is 0 Å². The van der Waals surface area contributed by atoms with Gasteiger partial charge >= 0.3 is 23.9 Å². The Labute approximate surface area is 469 Å².